The van der Waals surface area contributed by atoms with Crippen LogP contribution in [0.25, 0.3) is 0 Å². The number of fused-ring (bicyclic) bond motifs is 1. The summed E-state index contributed by atoms with van der Waals surface area (Å²) >= 11 is 1.93. The Morgan fingerprint density at radius 2 is 2.16 bits per heavy atom. The van der Waals surface area contributed by atoms with Gasteiger partial charge in [-0.1, -0.05) is 38.8 Å². The van der Waals surface area contributed by atoms with E-state index in [0.29, 0.717) is 12.1 Å². The first-order valence-corrected chi connectivity index (χ1v) is 8.45. The van der Waals surface area contributed by atoms with Crippen LogP contribution in [0.1, 0.15) is 39.5 Å². The van der Waals surface area contributed by atoms with Gasteiger partial charge >= 0.3 is 0 Å². The third-order valence-electron chi connectivity index (χ3n) is 3.50. The van der Waals surface area contributed by atoms with Gasteiger partial charge in [-0.25, -0.2) is 0 Å². The number of hydrogen-bond donors (Lipinski definition) is 1. The predicted octanol–water partition coefficient (Wildman–Crippen LogP) is 4.10. The van der Waals surface area contributed by atoms with Crippen molar-refractivity contribution in [3.05, 3.63) is 24.3 Å². The molecule has 1 N–H and O–H groups in total. The van der Waals surface area contributed by atoms with E-state index in [-0.39, 0.29) is 0 Å². The van der Waals surface area contributed by atoms with Gasteiger partial charge in [0.25, 0.3) is 0 Å². The van der Waals surface area contributed by atoms with Crippen LogP contribution in [0, 0.1) is 0 Å². The Labute approximate surface area is 121 Å². The molecule has 0 aliphatic carbocycles. The molecule has 19 heavy (non-hydrogen) atoms. The third kappa shape index (κ3) is 4.15. The molecule has 1 aliphatic heterocycles. The van der Waals surface area contributed by atoms with Crippen LogP contribution in [0.15, 0.2) is 29.2 Å². The zero-order valence-electron chi connectivity index (χ0n) is 12.0. The van der Waals surface area contributed by atoms with Gasteiger partial charge in [-0.05, 0) is 31.5 Å². The molecule has 0 spiro atoms. The monoisotopic (exact) mass is 279 g/mol. The van der Waals surface area contributed by atoms with Crippen molar-refractivity contribution in [1.82, 2.24) is 5.32 Å². The molecule has 1 aromatic carbocycles. The molecule has 1 aliphatic rings. The highest BCUT2D eigenvalue weighted by Crippen LogP contribution is 2.36. The molecule has 0 aromatic heterocycles. The highest BCUT2D eigenvalue weighted by Gasteiger charge is 2.27. The molecule has 2 unspecified atom stereocenters. The second-order valence-corrected chi connectivity index (χ2v) is 6.18. The fraction of sp³-hybridized carbons (Fsp3) is 0.625. The van der Waals surface area contributed by atoms with Crippen LogP contribution >= 0.6 is 11.8 Å². The molecule has 2 rings (SSSR count). The zero-order valence-corrected chi connectivity index (χ0v) is 12.8. The van der Waals surface area contributed by atoms with Crippen molar-refractivity contribution in [1.29, 1.82) is 0 Å². The largest absolute Gasteiger partial charge is 0.487 e. The van der Waals surface area contributed by atoms with Gasteiger partial charge in [0.1, 0.15) is 11.9 Å². The number of para-hydroxylation sites is 1. The van der Waals surface area contributed by atoms with Crippen LogP contribution < -0.4 is 10.1 Å². The second kappa shape index (κ2) is 7.81. The standard InChI is InChI=1S/C16H25NOS/c1-3-5-8-13(17-11-4-2)15-12-19-16-10-7-6-9-14(16)18-15/h6-7,9-10,13,15,17H,3-5,8,11-12H2,1-2H3. The first-order valence-electron chi connectivity index (χ1n) is 7.47. The summed E-state index contributed by atoms with van der Waals surface area (Å²) in [6, 6.07) is 8.87. The van der Waals surface area contributed by atoms with E-state index >= 15 is 0 Å². The summed E-state index contributed by atoms with van der Waals surface area (Å²) in [4.78, 5) is 1.28. The van der Waals surface area contributed by atoms with Crippen LogP contribution in [0.4, 0.5) is 0 Å². The number of ether oxygens (including phenoxy) is 1. The minimum absolute atomic E-state index is 0.304. The number of hydrogen-bond acceptors (Lipinski definition) is 3. The van der Waals surface area contributed by atoms with Crippen molar-refractivity contribution >= 4 is 11.8 Å². The van der Waals surface area contributed by atoms with Gasteiger partial charge in [-0.2, -0.15) is 0 Å². The van der Waals surface area contributed by atoms with E-state index in [1.165, 1.54) is 30.6 Å². The number of benzene rings is 1. The summed E-state index contributed by atoms with van der Waals surface area (Å²) < 4.78 is 6.20. The Morgan fingerprint density at radius 1 is 1.32 bits per heavy atom. The Kier molecular flexibility index (Phi) is 6.05. The topological polar surface area (TPSA) is 21.3 Å². The van der Waals surface area contributed by atoms with E-state index < -0.39 is 0 Å². The van der Waals surface area contributed by atoms with E-state index in [2.05, 4.69) is 43.4 Å². The highest BCUT2D eigenvalue weighted by molar-refractivity contribution is 7.99. The maximum atomic E-state index is 6.20. The lowest BCUT2D eigenvalue weighted by molar-refractivity contribution is 0.159. The van der Waals surface area contributed by atoms with E-state index in [9.17, 15) is 0 Å². The zero-order chi connectivity index (χ0) is 13.5. The van der Waals surface area contributed by atoms with Crippen molar-refractivity contribution in [2.45, 2.75) is 56.6 Å². The molecule has 2 nitrogen and oxygen atoms in total. The molecule has 0 saturated carbocycles. The summed E-state index contributed by atoms with van der Waals surface area (Å²) in [6.45, 7) is 5.55. The van der Waals surface area contributed by atoms with E-state index in [0.717, 1.165) is 18.0 Å². The number of nitrogens with one attached hydrogen (secondary N) is 1. The molecular formula is C16H25NOS. The smallest absolute Gasteiger partial charge is 0.133 e. The normalized spacial score (nSPS) is 19.6. The minimum atomic E-state index is 0.304. The molecule has 0 radical (unpaired) electrons. The van der Waals surface area contributed by atoms with Crippen LogP contribution in [-0.4, -0.2) is 24.4 Å². The molecule has 0 fully saturated rings. The van der Waals surface area contributed by atoms with E-state index in [4.69, 9.17) is 4.74 Å². The fourth-order valence-corrected chi connectivity index (χ4v) is 3.48. The first kappa shape index (κ1) is 14.7. The van der Waals surface area contributed by atoms with Crippen molar-refractivity contribution in [2.24, 2.45) is 0 Å². The lowest BCUT2D eigenvalue weighted by Gasteiger charge is -2.32. The predicted molar refractivity (Wildman–Crippen MR) is 83.2 cm³/mol. The van der Waals surface area contributed by atoms with Crippen molar-refractivity contribution in [3.63, 3.8) is 0 Å². The molecule has 0 saturated heterocycles. The molecule has 0 bridgehead atoms. The van der Waals surface area contributed by atoms with Crippen LogP contribution in [0.2, 0.25) is 0 Å². The van der Waals surface area contributed by atoms with Gasteiger partial charge in [0.05, 0.1) is 0 Å². The summed E-state index contributed by atoms with van der Waals surface area (Å²) in [6.07, 6.45) is 5.22. The average molecular weight is 279 g/mol. The SMILES string of the molecule is CCCCC(NCCC)C1CSc2ccccc2O1. The van der Waals surface area contributed by atoms with Gasteiger partial charge in [0.15, 0.2) is 0 Å². The quantitative estimate of drug-likeness (QED) is 0.812. The summed E-state index contributed by atoms with van der Waals surface area (Å²) in [5.74, 6) is 2.12. The Bertz CT molecular complexity index is 375. The maximum absolute atomic E-state index is 6.20. The lowest BCUT2D eigenvalue weighted by Crippen LogP contribution is -2.45. The molecule has 0 amide bonds. The number of thioether (sulfide) groups is 1. The molecule has 2 atom stereocenters. The summed E-state index contributed by atoms with van der Waals surface area (Å²) in [5, 5.41) is 3.67. The van der Waals surface area contributed by atoms with Gasteiger partial charge < -0.3 is 10.1 Å². The van der Waals surface area contributed by atoms with Crippen molar-refractivity contribution in [3.8, 4) is 5.75 Å². The second-order valence-electron chi connectivity index (χ2n) is 5.12. The Balaban J connectivity index is 1.98. The Morgan fingerprint density at radius 3 is 2.95 bits per heavy atom. The van der Waals surface area contributed by atoms with Gasteiger partial charge in [0.2, 0.25) is 0 Å². The fourth-order valence-electron chi connectivity index (χ4n) is 2.41. The van der Waals surface area contributed by atoms with Gasteiger partial charge in [-0.15, -0.1) is 11.8 Å². The van der Waals surface area contributed by atoms with Crippen LogP contribution in [-0.2, 0) is 0 Å². The van der Waals surface area contributed by atoms with Gasteiger partial charge in [0, 0.05) is 16.7 Å². The summed E-state index contributed by atoms with van der Waals surface area (Å²) in [5.41, 5.74) is 0. The number of unbranched alkanes of at least 4 members (excludes halogenated alkanes) is 1. The number of rotatable bonds is 7. The van der Waals surface area contributed by atoms with E-state index in [1.807, 2.05) is 11.8 Å². The van der Waals surface area contributed by atoms with Crippen LogP contribution in [0.5, 0.6) is 5.75 Å². The van der Waals surface area contributed by atoms with Crippen molar-refractivity contribution in [2.75, 3.05) is 12.3 Å². The average Bonchev–Trinajstić information content (AvgIpc) is 2.47. The van der Waals surface area contributed by atoms with Crippen molar-refractivity contribution < 1.29 is 4.74 Å². The lowest BCUT2D eigenvalue weighted by atomic mass is 10.0. The highest BCUT2D eigenvalue weighted by atomic mass is 32.2. The van der Waals surface area contributed by atoms with Gasteiger partial charge in [-0.3, -0.25) is 0 Å². The molecule has 3 heteroatoms. The van der Waals surface area contributed by atoms with Crippen LogP contribution in [0.3, 0.4) is 0 Å². The Hall–Kier alpha value is -0.670. The molecular weight excluding hydrogens is 254 g/mol. The molecule has 1 aromatic rings. The molecule has 1 heterocycles. The maximum Gasteiger partial charge on any atom is 0.133 e. The first-order chi connectivity index (χ1) is 9.35. The third-order valence-corrected chi connectivity index (χ3v) is 4.65. The van der Waals surface area contributed by atoms with E-state index in [1.54, 1.807) is 0 Å². The molecule has 106 valence electrons. The minimum Gasteiger partial charge on any atom is -0.487 e. The summed E-state index contributed by atoms with van der Waals surface area (Å²) in [7, 11) is 0.